The molecule has 2 heterocycles. The molecule has 20 heavy (non-hydrogen) atoms. The van der Waals surface area contributed by atoms with Crippen LogP contribution in [0.5, 0.6) is 0 Å². The zero-order valence-electron chi connectivity index (χ0n) is 11.5. The highest BCUT2D eigenvalue weighted by Gasteiger charge is 2.32. The van der Waals surface area contributed by atoms with Gasteiger partial charge < -0.3 is 9.88 Å². The number of rotatable bonds is 5. The summed E-state index contributed by atoms with van der Waals surface area (Å²) in [5.74, 6) is 0.866. The van der Waals surface area contributed by atoms with Crippen molar-refractivity contribution < 1.29 is 13.2 Å². The van der Waals surface area contributed by atoms with Gasteiger partial charge in [0, 0.05) is 12.6 Å². The van der Waals surface area contributed by atoms with E-state index in [9.17, 15) is 13.2 Å². The van der Waals surface area contributed by atoms with Crippen LogP contribution in [-0.2, 0) is 13.1 Å². The van der Waals surface area contributed by atoms with Crippen molar-refractivity contribution in [3.63, 3.8) is 0 Å². The molecule has 0 aliphatic carbocycles. The maximum atomic E-state index is 12.3. The van der Waals surface area contributed by atoms with E-state index in [1.807, 2.05) is 11.5 Å². The number of halogens is 3. The maximum Gasteiger partial charge on any atom is 0.401 e. The molecule has 2 rings (SSSR count). The average molecular weight is 291 g/mol. The summed E-state index contributed by atoms with van der Waals surface area (Å²) in [6.07, 6.45) is -0.951. The van der Waals surface area contributed by atoms with E-state index in [0.29, 0.717) is 19.6 Å². The van der Waals surface area contributed by atoms with E-state index in [0.717, 1.165) is 25.2 Å². The van der Waals surface area contributed by atoms with Crippen molar-refractivity contribution in [2.24, 2.45) is 0 Å². The van der Waals surface area contributed by atoms with Crippen LogP contribution >= 0.6 is 0 Å². The molecular formula is C12H20F3N5. The Morgan fingerprint density at radius 1 is 1.35 bits per heavy atom. The summed E-state index contributed by atoms with van der Waals surface area (Å²) < 4.78 is 38.8. The SMILES string of the molecule is CCn1cnnc1CNC1CCN(CC(F)(F)F)CC1. The van der Waals surface area contributed by atoms with Gasteiger partial charge in [-0.05, 0) is 32.9 Å². The van der Waals surface area contributed by atoms with Gasteiger partial charge in [0.2, 0.25) is 0 Å². The first-order valence-corrected chi connectivity index (χ1v) is 6.87. The van der Waals surface area contributed by atoms with Crippen molar-refractivity contribution in [3.05, 3.63) is 12.2 Å². The lowest BCUT2D eigenvalue weighted by Gasteiger charge is -2.32. The Hall–Kier alpha value is -1.15. The number of nitrogens with one attached hydrogen (secondary N) is 1. The minimum absolute atomic E-state index is 0.251. The van der Waals surface area contributed by atoms with E-state index in [-0.39, 0.29) is 6.04 Å². The molecule has 0 spiro atoms. The third-order valence-electron chi connectivity index (χ3n) is 3.58. The minimum Gasteiger partial charge on any atom is -0.317 e. The van der Waals surface area contributed by atoms with E-state index in [2.05, 4.69) is 15.5 Å². The molecule has 1 N–H and O–H groups in total. The highest BCUT2D eigenvalue weighted by molar-refractivity contribution is 4.87. The molecule has 0 unspecified atom stereocenters. The van der Waals surface area contributed by atoms with E-state index in [1.165, 1.54) is 4.90 Å². The van der Waals surface area contributed by atoms with Crippen molar-refractivity contribution in [3.8, 4) is 0 Å². The number of hydrogen-bond acceptors (Lipinski definition) is 4. The van der Waals surface area contributed by atoms with Crippen LogP contribution in [0.2, 0.25) is 0 Å². The Balaban J connectivity index is 1.72. The highest BCUT2D eigenvalue weighted by atomic mass is 19.4. The van der Waals surface area contributed by atoms with Gasteiger partial charge in [0.15, 0.2) is 0 Å². The van der Waals surface area contributed by atoms with E-state index >= 15 is 0 Å². The largest absolute Gasteiger partial charge is 0.401 e. The smallest absolute Gasteiger partial charge is 0.317 e. The predicted molar refractivity (Wildman–Crippen MR) is 68.1 cm³/mol. The Morgan fingerprint density at radius 3 is 2.65 bits per heavy atom. The van der Waals surface area contributed by atoms with Crippen LogP contribution in [0.25, 0.3) is 0 Å². The molecule has 1 aliphatic rings. The number of likely N-dealkylation sites (tertiary alicyclic amines) is 1. The molecule has 0 aromatic carbocycles. The van der Waals surface area contributed by atoms with Gasteiger partial charge in [-0.1, -0.05) is 0 Å². The molecule has 0 saturated carbocycles. The lowest BCUT2D eigenvalue weighted by molar-refractivity contribution is -0.148. The summed E-state index contributed by atoms with van der Waals surface area (Å²) in [5, 5.41) is 11.2. The Bertz CT molecular complexity index is 409. The van der Waals surface area contributed by atoms with Crippen LogP contribution in [0.3, 0.4) is 0 Å². The topological polar surface area (TPSA) is 46.0 Å². The zero-order chi connectivity index (χ0) is 14.6. The van der Waals surface area contributed by atoms with Gasteiger partial charge >= 0.3 is 6.18 Å². The van der Waals surface area contributed by atoms with E-state index in [1.54, 1.807) is 6.33 Å². The summed E-state index contributed by atoms with van der Waals surface area (Å²) >= 11 is 0. The first-order valence-electron chi connectivity index (χ1n) is 6.87. The second-order valence-corrected chi connectivity index (χ2v) is 5.08. The number of nitrogens with zero attached hydrogens (tertiary/aromatic N) is 4. The van der Waals surface area contributed by atoms with Crippen LogP contribution in [0.1, 0.15) is 25.6 Å². The van der Waals surface area contributed by atoms with Crippen molar-refractivity contribution in [1.82, 2.24) is 25.0 Å². The number of aryl methyl sites for hydroxylation is 1. The standard InChI is InChI=1S/C12H20F3N5/c1-2-20-9-17-18-11(20)7-16-10-3-5-19(6-4-10)8-12(13,14)15/h9-10,16H,2-8H2,1H3. The monoisotopic (exact) mass is 291 g/mol. The number of hydrogen-bond donors (Lipinski definition) is 1. The van der Waals surface area contributed by atoms with Crippen LogP contribution < -0.4 is 5.32 Å². The van der Waals surface area contributed by atoms with Gasteiger partial charge in [-0.25, -0.2) is 0 Å². The predicted octanol–water partition coefficient (Wildman–Crippen LogP) is 1.41. The number of aromatic nitrogens is 3. The molecule has 114 valence electrons. The lowest BCUT2D eigenvalue weighted by atomic mass is 10.1. The highest BCUT2D eigenvalue weighted by Crippen LogP contribution is 2.19. The maximum absolute atomic E-state index is 12.3. The first-order chi connectivity index (χ1) is 9.48. The fraction of sp³-hybridized carbons (Fsp3) is 0.833. The normalized spacial score (nSPS) is 18.6. The third kappa shape index (κ3) is 4.45. The molecule has 0 amide bonds. The van der Waals surface area contributed by atoms with Gasteiger partial charge in [0.25, 0.3) is 0 Å². The van der Waals surface area contributed by atoms with Gasteiger partial charge in [-0.15, -0.1) is 10.2 Å². The molecule has 0 bridgehead atoms. The lowest BCUT2D eigenvalue weighted by Crippen LogP contribution is -2.45. The number of piperidine rings is 1. The van der Waals surface area contributed by atoms with Crippen LogP contribution in [0.15, 0.2) is 6.33 Å². The summed E-state index contributed by atoms with van der Waals surface area (Å²) in [5.41, 5.74) is 0. The van der Waals surface area contributed by atoms with Crippen LogP contribution in [0, 0.1) is 0 Å². The van der Waals surface area contributed by atoms with Crippen LogP contribution in [-0.4, -0.2) is 51.5 Å². The molecule has 1 aromatic heterocycles. The Morgan fingerprint density at radius 2 is 2.05 bits per heavy atom. The molecule has 1 aromatic rings. The third-order valence-corrected chi connectivity index (χ3v) is 3.58. The number of alkyl halides is 3. The molecule has 1 aliphatic heterocycles. The summed E-state index contributed by atoms with van der Waals surface area (Å²) in [6, 6.07) is 0.251. The van der Waals surface area contributed by atoms with E-state index < -0.39 is 12.7 Å². The van der Waals surface area contributed by atoms with Crippen molar-refractivity contribution in [2.45, 2.75) is 45.1 Å². The Labute approximate surface area is 116 Å². The summed E-state index contributed by atoms with van der Waals surface area (Å²) in [4.78, 5) is 1.47. The fourth-order valence-corrected chi connectivity index (χ4v) is 2.46. The molecule has 1 saturated heterocycles. The molecular weight excluding hydrogens is 271 g/mol. The molecule has 0 radical (unpaired) electrons. The quantitative estimate of drug-likeness (QED) is 0.891. The fourth-order valence-electron chi connectivity index (χ4n) is 2.46. The van der Waals surface area contributed by atoms with Crippen molar-refractivity contribution in [1.29, 1.82) is 0 Å². The molecule has 1 fully saturated rings. The van der Waals surface area contributed by atoms with Gasteiger partial charge in [0.1, 0.15) is 12.2 Å². The van der Waals surface area contributed by atoms with Gasteiger partial charge in [-0.3, -0.25) is 4.90 Å². The van der Waals surface area contributed by atoms with Gasteiger partial charge in [0.05, 0.1) is 13.1 Å². The minimum atomic E-state index is -4.10. The molecule has 0 atom stereocenters. The first kappa shape index (κ1) is 15.2. The zero-order valence-corrected chi connectivity index (χ0v) is 11.5. The van der Waals surface area contributed by atoms with E-state index in [4.69, 9.17) is 0 Å². The Kier molecular flexibility index (Phi) is 4.98. The van der Waals surface area contributed by atoms with Crippen molar-refractivity contribution >= 4 is 0 Å². The van der Waals surface area contributed by atoms with Crippen LogP contribution in [0.4, 0.5) is 13.2 Å². The molecule has 5 nitrogen and oxygen atoms in total. The van der Waals surface area contributed by atoms with Gasteiger partial charge in [-0.2, -0.15) is 13.2 Å². The summed E-state index contributed by atoms with van der Waals surface area (Å²) in [7, 11) is 0. The average Bonchev–Trinajstić information content (AvgIpc) is 2.83. The second-order valence-electron chi connectivity index (χ2n) is 5.08. The second kappa shape index (κ2) is 6.53. The summed E-state index contributed by atoms with van der Waals surface area (Å²) in [6.45, 7) is 3.60. The van der Waals surface area contributed by atoms with Crippen molar-refractivity contribution in [2.75, 3.05) is 19.6 Å². The molecule has 8 heteroatoms.